The number of halogens is 1. The van der Waals surface area contributed by atoms with E-state index in [1.807, 2.05) is 43.8 Å². The summed E-state index contributed by atoms with van der Waals surface area (Å²) in [6.07, 6.45) is 2.54. The lowest BCUT2D eigenvalue weighted by Gasteiger charge is -2.26. The Morgan fingerprint density at radius 3 is 2.86 bits per heavy atom. The Hall–Kier alpha value is -0.870. The van der Waals surface area contributed by atoms with Crippen molar-refractivity contribution in [3.8, 4) is 5.75 Å². The number of carboxylic acids is 1. The van der Waals surface area contributed by atoms with E-state index in [4.69, 9.17) is 21.4 Å². The van der Waals surface area contributed by atoms with Gasteiger partial charge in [-0.25, -0.2) is 0 Å². The van der Waals surface area contributed by atoms with Crippen molar-refractivity contribution in [2.45, 2.75) is 44.6 Å². The van der Waals surface area contributed by atoms with Gasteiger partial charge in [-0.3, -0.25) is 4.79 Å². The molecule has 0 amide bonds. The van der Waals surface area contributed by atoms with Crippen LogP contribution in [0.15, 0.2) is 18.2 Å². The minimum atomic E-state index is -0.810. The van der Waals surface area contributed by atoms with E-state index in [-0.39, 0.29) is 12.5 Å². The molecule has 1 fully saturated rings. The van der Waals surface area contributed by atoms with E-state index in [0.717, 1.165) is 17.7 Å². The van der Waals surface area contributed by atoms with Gasteiger partial charge in [0.05, 0.1) is 11.4 Å². The predicted molar refractivity (Wildman–Crippen MR) is 87.7 cm³/mol. The number of hydrogen-bond donors (Lipinski definition) is 1. The number of aliphatic carboxylic acids is 1. The molecule has 1 aromatic rings. The standard InChI is InChI=1S/C16H21ClO3S/c1-16(2,9-15(18)19)11-5-6-14(13(17)8-11)20-12-4-3-7-21-10-12/h5-6,8,12H,3-4,7,9-10H2,1-2H3,(H,18,19). The Bertz CT molecular complexity index is 510. The van der Waals surface area contributed by atoms with E-state index in [0.29, 0.717) is 10.8 Å². The van der Waals surface area contributed by atoms with Crippen LogP contribution in [-0.4, -0.2) is 28.7 Å². The molecule has 1 N–H and O–H groups in total. The van der Waals surface area contributed by atoms with Gasteiger partial charge in [0.15, 0.2) is 0 Å². The van der Waals surface area contributed by atoms with Gasteiger partial charge in [0, 0.05) is 11.2 Å². The first-order valence-electron chi connectivity index (χ1n) is 7.15. The zero-order valence-corrected chi connectivity index (χ0v) is 14.0. The van der Waals surface area contributed by atoms with Crippen molar-refractivity contribution in [2.24, 2.45) is 0 Å². The second-order valence-corrected chi connectivity index (χ2v) is 7.61. The highest BCUT2D eigenvalue weighted by Crippen LogP contribution is 2.34. The maximum absolute atomic E-state index is 10.9. The van der Waals surface area contributed by atoms with Crippen molar-refractivity contribution in [3.63, 3.8) is 0 Å². The minimum Gasteiger partial charge on any atom is -0.488 e. The van der Waals surface area contributed by atoms with Gasteiger partial charge < -0.3 is 9.84 Å². The van der Waals surface area contributed by atoms with Crippen molar-refractivity contribution >= 4 is 29.3 Å². The molecule has 1 atom stereocenters. The third-order valence-corrected chi connectivity index (χ3v) is 5.20. The fraction of sp³-hybridized carbons (Fsp3) is 0.562. The molecule has 0 spiro atoms. The van der Waals surface area contributed by atoms with Crippen molar-refractivity contribution in [1.82, 2.24) is 0 Å². The lowest BCUT2D eigenvalue weighted by Crippen LogP contribution is -2.24. The molecule has 1 aliphatic rings. The maximum atomic E-state index is 10.9. The molecule has 0 saturated carbocycles. The molecule has 1 aromatic carbocycles. The van der Waals surface area contributed by atoms with Crippen LogP contribution in [0, 0.1) is 0 Å². The normalized spacial score (nSPS) is 19.3. The van der Waals surface area contributed by atoms with Crippen molar-refractivity contribution < 1.29 is 14.6 Å². The molecule has 1 unspecified atom stereocenters. The SMILES string of the molecule is CC(C)(CC(=O)O)c1ccc(OC2CCCSC2)c(Cl)c1. The quantitative estimate of drug-likeness (QED) is 0.872. The number of ether oxygens (including phenoxy) is 1. The largest absolute Gasteiger partial charge is 0.488 e. The Morgan fingerprint density at radius 2 is 2.29 bits per heavy atom. The van der Waals surface area contributed by atoms with Crippen molar-refractivity contribution in [3.05, 3.63) is 28.8 Å². The Kier molecular flexibility index (Phi) is 5.44. The third-order valence-electron chi connectivity index (χ3n) is 3.72. The second-order valence-electron chi connectivity index (χ2n) is 6.06. The topological polar surface area (TPSA) is 46.5 Å². The molecule has 1 saturated heterocycles. The van der Waals surface area contributed by atoms with E-state index in [2.05, 4.69) is 0 Å². The molecule has 1 heterocycles. The van der Waals surface area contributed by atoms with Gasteiger partial charge in [0.1, 0.15) is 11.9 Å². The Morgan fingerprint density at radius 1 is 1.52 bits per heavy atom. The summed E-state index contributed by atoms with van der Waals surface area (Å²) in [5.74, 6) is 2.09. The summed E-state index contributed by atoms with van der Waals surface area (Å²) in [6, 6.07) is 5.61. The van der Waals surface area contributed by atoms with Gasteiger partial charge in [-0.2, -0.15) is 11.8 Å². The van der Waals surface area contributed by atoms with E-state index < -0.39 is 11.4 Å². The van der Waals surface area contributed by atoms with Crippen LogP contribution in [0.2, 0.25) is 5.02 Å². The van der Waals surface area contributed by atoms with Gasteiger partial charge >= 0.3 is 5.97 Å². The number of thioether (sulfide) groups is 1. The van der Waals surface area contributed by atoms with E-state index in [1.54, 1.807) is 0 Å². The van der Waals surface area contributed by atoms with Crippen LogP contribution in [0.5, 0.6) is 5.75 Å². The fourth-order valence-corrected chi connectivity index (χ4v) is 3.74. The third kappa shape index (κ3) is 4.55. The van der Waals surface area contributed by atoms with Gasteiger partial charge in [-0.15, -0.1) is 0 Å². The van der Waals surface area contributed by atoms with Crippen LogP contribution in [0.4, 0.5) is 0 Å². The van der Waals surface area contributed by atoms with E-state index in [9.17, 15) is 4.79 Å². The number of hydrogen-bond acceptors (Lipinski definition) is 3. The first-order chi connectivity index (χ1) is 9.88. The summed E-state index contributed by atoms with van der Waals surface area (Å²) in [6.45, 7) is 3.82. The van der Waals surface area contributed by atoms with E-state index in [1.165, 1.54) is 12.2 Å². The van der Waals surface area contributed by atoms with Gasteiger partial charge in [0.25, 0.3) is 0 Å². The summed E-state index contributed by atoms with van der Waals surface area (Å²) >= 11 is 8.22. The highest BCUT2D eigenvalue weighted by atomic mass is 35.5. The van der Waals surface area contributed by atoms with Gasteiger partial charge in [0.2, 0.25) is 0 Å². The number of benzene rings is 1. The van der Waals surface area contributed by atoms with Crippen molar-refractivity contribution in [2.75, 3.05) is 11.5 Å². The molecule has 0 bridgehead atoms. The molecular weight excluding hydrogens is 308 g/mol. The highest BCUT2D eigenvalue weighted by molar-refractivity contribution is 7.99. The molecule has 0 radical (unpaired) electrons. The highest BCUT2D eigenvalue weighted by Gasteiger charge is 2.25. The van der Waals surface area contributed by atoms with Crippen LogP contribution in [-0.2, 0) is 10.2 Å². The summed E-state index contributed by atoms with van der Waals surface area (Å²) in [7, 11) is 0. The molecule has 0 aliphatic carbocycles. The van der Waals surface area contributed by atoms with Crippen molar-refractivity contribution in [1.29, 1.82) is 0 Å². The predicted octanol–water partition coefficient (Wildman–Crippen LogP) is 4.37. The van der Waals surface area contributed by atoms with Gasteiger partial charge in [-0.1, -0.05) is 31.5 Å². The lowest BCUT2D eigenvalue weighted by atomic mass is 9.81. The van der Waals surface area contributed by atoms with Gasteiger partial charge in [-0.05, 0) is 36.3 Å². The molecule has 5 heteroatoms. The average Bonchev–Trinajstić information content (AvgIpc) is 2.40. The zero-order chi connectivity index (χ0) is 15.5. The minimum absolute atomic E-state index is 0.0722. The molecule has 116 valence electrons. The number of rotatable bonds is 5. The van der Waals surface area contributed by atoms with Crippen LogP contribution in [0.3, 0.4) is 0 Å². The first kappa shape index (κ1) is 16.5. The summed E-state index contributed by atoms with van der Waals surface area (Å²) < 4.78 is 5.97. The Labute approximate surface area is 135 Å². The van der Waals surface area contributed by atoms with Crippen LogP contribution < -0.4 is 4.74 Å². The van der Waals surface area contributed by atoms with Crippen LogP contribution in [0.25, 0.3) is 0 Å². The summed E-state index contributed by atoms with van der Waals surface area (Å²) in [5, 5.41) is 9.55. The monoisotopic (exact) mass is 328 g/mol. The molecule has 0 aromatic heterocycles. The average molecular weight is 329 g/mol. The lowest BCUT2D eigenvalue weighted by molar-refractivity contribution is -0.138. The molecule has 3 nitrogen and oxygen atoms in total. The first-order valence-corrected chi connectivity index (χ1v) is 8.68. The van der Waals surface area contributed by atoms with Crippen LogP contribution >= 0.6 is 23.4 Å². The zero-order valence-electron chi connectivity index (χ0n) is 12.4. The summed E-state index contributed by atoms with van der Waals surface area (Å²) in [5.41, 5.74) is 0.467. The Balaban J connectivity index is 2.11. The van der Waals surface area contributed by atoms with Crippen LogP contribution in [0.1, 0.15) is 38.7 Å². The fourth-order valence-electron chi connectivity index (χ4n) is 2.48. The number of carbonyl (C=O) groups is 1. The maximum Gasteiger partial charge on any atom is 0.304 e. The van der Waals surface area contributed by atoms with E-state index >= 15 is 0 Å². The summed E-state index contributed by atoms with van der Waals surface area (Å²) in [4.78, 5) is 10.9. The second kappa shape index (κ2) is 6.93. The molecular formula is C16H21ClO3S. The smallest absolute Gasteiger partial charge is 0.304 e. The molecule has 21 heavy (non-hydrogen) atoms. The molecule has 2 rings (SSSR count). The number of carboxylic acid groups (broad SMARTS) is 1. The molecule has 1 aliphatic heterocycles.